The van der Waals surface area contributed by atoms with E-state index in [-0.39, 0.29) is 0 Å². The van der Waals surface area contributed by atoms with Gasteiger partial charge in [0.2, 0.25) is 0 Å². The molecule has 0 saturated heterocycles. The first-order valence-electron chi connectivity index (χ1n) is 9.39. The lowest BCUT2D eigenvalue weighted by Gasteiger charge is -2.30. The Hall–Kier alpha value is -3.31. The van der Waals surface area contributed by atoms with Gasteiger partial charge in [-0.2, -0.15) is 0 Å². The maximum atomic E-state index is 12.4. The summed E-state index contributed by atoms with van der Waals surface area (Å²) in [5.41, 5.74) is 2.68. The molecule has 1 atom stereocenters. The fraction of sp³-hybridized carbons (Fsp3) is 0.208. The number of carboxylic acids is 1. The van der Waals surface area contributed by atoms with Crippen LogP contribution in [0.15, 0.2) is 78.9 Å². The molecule has 29 heavy (non-hydrogen) atoms. The first kappa shape index (κ1) is 20.4. The Morgan fingerprint density at radius 2 is 1.41 bits per heavy atom. The molecule has 0 amide bonds. The summed E-state index contributed by atoms with van der Waals surface area (Å²) in [7, 11) is 3.11. The topological polar surface area (TPSA) is 59.0 Å². The highest BCUT2D eigenvalue weighted by Crippen LogP contribution is 2.34. The van der Waals surface area contributed by atoms with E-state index in [0.717, 1.165) is 11.1 Å². The van der Waals surface area contributed by atoms with Crippen LogP contribution in [0.2, 0.25) is 0 Å². The van der Waals surface area contributed by atoms with Gasteiger partial charge in [-0.25, -0.2) is 0 Å². The number of methoxy groups -OCH3 is 2. The number of hydrogen-bond acceptors (Lipinski definition) is 4. The third-order valence-electron chi connectivity index (χ3n) is 4.79. The van der Waals surface area contributed by atoms with Gasteiger partial charge >= 0.3 is 5.97 Å². The van der Waals surface area contributed by atoms with Gasteiger partial charge in [0.15, 0.2) is 0 Å². The molecule has 5 nitrogen and oxygen atoms in total. The Balaban J connectivity index is 2.03. The molecule has 0 radical (unpaired) electrons. The van der Waals surface area contributed by atoms with Crippen LogP contribution in [0.4, 0.5) is 0 Å². The zero-order chi connectivity index (χ0) is 20.6. The molecular weight excluding hydrogens is 366 g/mol. The summed E-state index contributed by atoms with van der Waals surface area (Å²) in [5, 5.41) is 10.2. The molecule has 0 aliphatic carbocycles. The number of aliphatic carboxylic acids is 1. The van der Waals surface area contributed by atoms with Crippen molar-refractivity contribution >= 4 is 5.97 Å². The fourth-order valence-corrected chi connectivity index (χ4v) is 3.40. The van der Waals surface area contributed by atoms with Gasteiger partial charge < -0.3 is 14.6 Å². The van der Waals surface area contributed by atoms with Crippen molar-refractivity contribution in [2.24, 2.45) is 0 Å². The quantitative estimate of drug-likeness (QED) is 0.581. The first-order chi connectivity index (χ1) is 14.1. The predicted molar refractivity (Wildman–Crippen MR) is 112 cm³/mol. The molecule has 5 heteroatoms. The third kappa shape index (κ3) is 5.15. The van der Waals surface area contributed by atoms with Crippen LogP contribution in [0.1, 0.15) is 22.7 Å². The average Bonchev–Trinajstić information content (AvgIpc) is 2.75. The van der Waals surface area contributed by atoms with Crippen LogP contribution in [0.3, 0.4) is 0 Å². The highest BCUT2D eigenvalue weighted by molar-refractivity contribution is 5.77. The summed E-state index contributed by atoms with van der Waals surface area (Å²) in [6.45, 7) is 0.976. The van der Waals surface area contributed by atoms with Crippen molar-refractivity contribution in [3.05, 3.63) is 95.6 Å². The molecule has 0 spiro atoms. The lowest BCUT2D eigenvalue weighted by molar-refractivity contribution is -0.144. The van der Waals surface area contributed by atoms with E-state index in [0.29, 0.717) is 30.2 Å². The van der Waals surface area contributed by atoms with E-state index in [1.807, 2.05) is 65.6 Å². The summed E-state index contributed by atoms with van der Waals surface area (Å²) in [5.74, 6) is 0.176. The van der Waals surface area contributed by atoms with E-state index in [4.69, 9.17) is 9.47 Å². The van der Waals surface area contributed by atoms with E-state index < -0.39 is 12.0 Å². The maximum Gasteiger partial charge on any atom is 0.325 e. The van der Waals surface area contributed by atoms with Gasteiger partial charge in [-0.15, -0.1) is 0 Å². The van der Waals surface area contributed by atoms with Crippen molar-refractivity contribution in [3.63, 3.8) is 0 Å². The summed E-state index contributed by atoms with van der Waals surface area (Å²) in [4.78, 5) is 14.4. The number of rotatable bonds is 9. The highest BCUT2D eigenvalue weighted by atomic mass is 16.5. The van der Waals surface area contributed by atoms with Gasteiger partial charge in [0.1, 0.15) is 17.5 Å². The summed E-state index contributed by atoms with van der Waals surface area (Å²) < 4.78 is 10.8. The van der Waals surface area contributed by atoms with Crippen molar-refractivity contribution in [2.75, 3.05) is 14.2 Å². The van der Waals surface area contributed by atoms with Crippen molar-refractivity contribution in [3.8, 4) is 11.5 Å². The molecule has 0 saturated carbocycles. The molecular formula is C24H25NO4. The summed E-state index contributed by atoms with van der Waals surface area (Å²) >= 11 is 0. The smallest absolute Gasteiger partial charge is 0.325 e. The number of carbonyl (C=O) groups is 1. The van der Waals surface area contributed by atoms with E-state index in [1.165, 1.54) is 7.11 Å². The normalized spacial score (nSPS) is 11.8. The van der Waals surface area contributed by atoms with Gasteiger partial charge in [0, 0.05) is 24.7 Å². The minimum absolute atomic E-state index is 0.488. The predicted octanol–water partition coefficient (Wildman–Crippen LogP) is 4.53. The van der Waals surface area contributed by atoms with Gasteiger partial charge in [0.05, 0.1) is 14.2 Å². The van der Waals surface area contributed by atoms with Crippen LogP contribution in [-0.4, -0.2) is 30.2 Å². The summed E-state index contributed by atoms with van der Waals surface area (Å²) in [6, 6.07) is 24.1. The second-order valence-corrected chi connectivity index (χ2v) is 6.72. The van der Waals surface area contributed by atoms with Crippen LogP contribution in [0.25, 0.3) is 0 Å². The Kier molecular flexibility index (Phi) is 6.87. The zero-order valence-corrected chi connectivity index (χ0v) is 16.6. The van der Waals surface area contributed by atoms with Crippen molar-refractivity contribution in [2.45, 2.75) is 19.1 Å². The van der Waals surface area contributed by atoms with Crippen LogP contribution in [0, 0.1) is 0 Å². The van der Waals surface area contributed by atoms with Gasteiger partial charge in [0.25, 0.3) is 0 Å². The van der Waals surface area contributed by atoms with Gasteiger partial charge in [-0.05, 0) is 23.3 Å². The molecule has 1 unspecified atom stereocenters. The molecule has 0 bridgehead atoms. The lowest BCUT2D eigenvalue weighted by atomic mass is 10.0. The average molecular weight is 391 g/mol. The molecule has 1 N–H and O–H groups in total. The zero-order valence-electron chi connectivity index (χ0n) is 16.6. The Labute approximate surface area is 171 Å². The van der Waals surface area contributed by atoms with Crippen LogP contribution >= 0.6 is 0 Å². The molecule has 0 aliphatic heterocycles. The molecule has 3 aromatic carbocycles. The largest absolute Gasteiger partial charge is 0.497 e. The van der Waals surface area contributed by atoms with E-state index in [9.17, 15) is 9.90 Å². The molecule has 0 fully saturated rings. The molecule has 3 aromatic rings. The molecule has 0 aliphatic rings. The number of hydrogen-bond donors (Lipinski definition) is 1. The Morgan fingerprint density at radius 3 is 1.86 bits per heavy atom. The number of benzene rings is 3. The number of carboxylic acid groups (broad SMARTS) is 1. The van der Waals surface area contributed by atoms with Crippen molar-refractivity contribution in [1.82, 2.24) is 4.90 Å². The fourth-order valence-electron chi connectivity index (χ4n) is 3.40. The molecule has 150 valence electrons. The SMILES string of the molecule is COc1ccc(C(C(=O)O)N(Cc2ccccc2)Cc2ccccc2)c(OC)c1. The van der Waals surface area contributed by atoms with E-state index >= 15 is 0 Å². The number of ether oxygens (including phenoxy) is 2. The van der Waals surface area contributed by atoms with E-state index in [2.05, 4.69) is 0 Å². The minimum Gasteiger partial charge on any atom is -0.497 e. The van der Waals surface area contributed by atoms with Crippen molar-refractivity contribution < 1.29 is 19.4 Å². The third-order valence-corrected chi connectivity index (χ3v) is 4.79. The summed E-state index contributed by atoms with van der Waals surface area (Å²) in [6.07, 6.45) is 0. The molecule has 0 aromatic heterocycles. The standard InChI is InChI=1S/C24H25NO4/c1-28-20-13-14-21(22(15-20)29-2)23(24(26)27)25(16-18-9-5-3-6-10-18)17-19-11-7-4-8-12-19/h3-15,23H,16-17H2,1-2H3,(H,26,27). The van der Waals surface area contributed by atoms with Crippen LogP contribution in [-0.2, 0) is 17.9 Å². The lowest BCUT2D eigenvalue weighted by Crippen LogP contribution is -2.33. The van der Waals surface area contributed by atoms with Gasteiger partial charge in [-0.3, -0.25) is 9.69 Å². The maximum absolute atomic E-state index is 12.4. The highest BCUT2D eigenvalue weighted by Gasteiger charge is 2.30. The van der Waals surface area contributed by atoms with Crippen molar-refractivity contribution in [1.29, 1.82) is 0 Å². The van der Waals surface area contributed by atoms with E-state index in [1.54, 1.807) is 25.3 Å². The first-order valence-corrected chi connectivity index (χ1v) is 9.39. The second kappa shape index (κ2) is 9.75. The minimum atomic E-state index is -0.930. The Bertz CT molecular complexity index is 887. The number of nitrogens with zero attached hydrogens (tertiary/aromatic N) is 1. The molecule has 0 heterocycles. The van der Waals surface area contributed by atoms with Crippen LogP contribution in [0.5, 0.6) is 11.5 Å². The van der Waals surface area contributed by atoms with Crippen LogP contribution < -0.4 is 9.47 Å². The molecule has 3 rings (SSSR count). The monoisotopic (exact) mass is 391 g/mol. The van der Waals surface area contributed by atoms with Gasteiger partial charge in [-0.1, -0.05) is 60.7 Å². The Morgan fingerprint density at radius 1 is 0.862 bits per heavy atom. The second-order valence-electron chi connectivity index (χ2n) is 6.72.